The summed E-state index contributed by atoms with van der Waals surface area (Å²) in [6, 6.07) is 4.74. The van der Waals surface area contributed by atoms with E-state index in [2.05, 4.69) is 60.4 Å². The lowest BCUT2D eigenvalue weighted by molar-refractivity contribution is -0.0284. The lowest BCUT2D eigenvalue weighted by atomic mass is 10.2. The predicted molar refractivity (Wildman–Crippen MR) is 123 cm³/mol. The molecule has 1 aromatic heterocycles. The SMILES string of the molecule is CN=C(NCC1CN(CC(C)C)CCO1)NC(C)Cc1ccc(C)s1.I. The van der Waals surface area contributed by atoms with Gasteiger partial charge in [0.25, 0.3) is 0 Å². The molecule has 1 aliphatic heterocycles. The van der Waals surface area contributed by atoms with E-state index in [4.69, 9.17) is 4.74 Å². The predicted octanol–water partition coefficient (Wildman–Crippen LogP) is 3.13. The van der Waals surface area contributed by atoms with Gasteiger partial charge in [0.2, 0.25) is 0 Å². The molecule has 1 aromatic rings. The van der Waals surface area contributed by atoms with Crippen LogP contribution in [0.4, 0.5) is 0 Å². The molecule has 0 aromatic carbocycles. The lowest BCUT2D eigenvalue weighted by Crippen LogP contribution is -2.51. The third-order valence-electron chi connectivity index (χ3n) is 4.25. The van der Waals surface area contributed by atoms with Crippen molar-refractivity contribution in [3.8, 4) is 0 Å². The van der Waals surface area contributed by atoms with Gasteiger partial charge in [0.15, 0.2) is 5.96 Å². The summed E-state index contributed by atoms with van der Waals surface area (Å²) in [4.78, 5) is 9.63. The molecule has 0 bridgehead atoms. The van der Waals surface area contributed by atoms with Gasteiger partial charge in [0.05, 0.1) is 12.7 Å². The average Bonchev–Trinajstić information content (AvgIpc) is 2.96. The van der Waals surface area contributed by atoms with E-state index in [9.17, 15) is 0 Å². The summed E-state index contributed by atoms with van der Waals surface area (Å²) in [7, 11) is 1.82. The van der Waals surface area contributed by atoms with Gasteiger partial charge >= 0.3 is 0 Å². The van der Waals surface area contributed by atoms with Gasteiger partial charge in [0, 0.05) is 55.4 Å². The van der Waals surface area contributed by atoms with Crippen LogP contribution in [-0.2, 0) is 11.2 Å². The lowest BCUT2D eigenvalue weighted by Gasteiger charge is -2.34. The Kier molecular flexibility index (Phi) is 11.1. The number of rotatable bonds is 7. The fourth-order valence-electron chi connectivity index (χ4n) is 3.17. The molecule has 0 spiro atoms. The number of halogens is 1. The Balaban J connectivity index is 0.00000338. The molecule has 1 saturated heterocycles. The first-order valence-electron chi connectivity index (χ1n) is 9.32. The first-order chi connectivity index (χ1) is 12.0. The zero-order valence-electron chi connectivity index (χ0n) is 16.7. The Labute approximate surface area is 180 Å². The number of ether oxygens (including phenoxy) is 1. The minimum absolute atomic E-state index is 0. The van der Waals surface area contributed by atoms with Gasteiger partial charge in [-0.05, 0) is 31.9 Å². The fourth-order valence-corrected chi connectivity index (χ4v) is 4.19. The molecule has 2 atom stereocenters. The fraction of sp³-hybridized carbons (Fsp3) is 0.737. The standard InChI is InChI=1S/C19H34N4OS.HI/c1-14(2)12-23-8-9-24-17(13-23)11-21-19(20-5)22-15(3)10-18-7-6-16(4)25-18;/h6-7,14-15,17H,8-13H2,1-5H3,(H2,20,21,22);1H. The van der Waals surface area contributed by atoms with Gasteiger partial charge in [-0.3, -0.25) is 9.89 Å². The number of guanidine groups is 1. The third kappa shape index (κ3) is 8.54. The number of aryl methyl sites for hydroxylation is 1. The van der Waals surface area contributed by atoms with E-state index in [1.54, 1.807) is 0 Å². The van der Waals surface area contributed by atoms with Crippen molar-refractivity contribution in [3.63, 3.8) is 0 Å². The van der Waals surface area contributed by atoms with Crippen LogP contribution in [0.15, 0.2) is 17.1 Å². The van der Waals surface area contributed by atoms with Gasteiger partial charge in [-0.15, -0.1) is 35.3 Å². The maximum absolute atomic E-state index is 5.90. The summed E-state index contributed by atoms with van der Waals surface area (Å²) in [6.07, 6.45) is 1.24. The van der Waals surface area contributed by atoms with E-state index in [0.29, 0.717) is 12.0 Å². The van der Waals surface area contributed by atoms with E-state index in [1.807, 2.05) is 18.4 Å². The van der Waals surface area contributed by atoms with Crippen molar-refractivity contribution in [3.05, 3.63) is 21.9 Å². The van der Waals surface area contributed by atoms with E-state index in [1.165, 1.54) is 9.75 Å². The number of hydrogen-bond acceptors (Lipinski definition) is 4. The summed E-state index contributed by atoms with van der Waals surface area (Å²) in [5.74, 6) is 1.55. The van der Waals surface area contributed by atoms with Crippen molar-refractivity contribution in [1.29, 1.82) is 0 Å². The van der Waals surface area contributed by atoms with Crippen molar-refractivity contribution in [2.45, 2.75) is 46.3 Å². The van der Waals surface area contributed by atoms with Crippen LogP contribution >= 0.6 is 35.3 Å². The van der Waals surface area contributed by atoms with Gasteiger partial charge < -0.3 is 15.4 Å². The Morgan fingerprint density at radius 1 is 1.38 bits per heavy atom. The number of nitrogens with zero attached hydrogens (tertiary/aromatic N) is 2. The second kappa shape index (κ2) is 12.2. The molecule has 2 heterocycles. The molecule has 5 nitrogen and oxygen atoms in total. The van der Waals surface area contributed by atoms with Crippen LogP contribution in [0.2, 0.25) is 0 Å². The molecule has 1 fully saturated rings. The highest BCUT2D eigenvalue weighted by Crippen LogP contribution is 2.16. The van der Waals surface area contributed by atoms with Crippen molar-refractivity contribution < 1.29 is 4.74 Å². The average molecular weight is 494 g/mol. The molecule has 2 unspecified atom stereocenters. The molecule has 2 N–H and O–H groups in total. The second-order valence-electron chi connectivity index (χ2n) is 7.36. The molecule has 26 heavy (non-hydrogen) atoms. The number of morpholine rings is 1. The summed E-state index contributed by atoms with van der Waals surface area (Å²) < 4.78 is 5.90. The topological polar surface area (TPSA) is 48.9 Å². The van der Waals surface area contributed by atoms with Gasteiger partial charge in [-0.2, -0.15) is 0 Å². The minimum atomic E-state index is 0. The van der Waals surface area contributed by atoms with Crippen molar-refractivity contribution >= 4 is 41.3 Å². The summed E-state index contributed by atoms with van der Waals surface area (Å²) in [5.41, 5.74) is 0. The molecule has 0 amide bonds. The maximum atomic E-state index is 5.90. The molecule has 2 rings (SSSR count). The summed E-state index contributed by atoms with van der Waals surface area (Å²) >= 11 is 1.87. The van der Waals surface area contributed by atoms with Gasteiger partial charge in [0.1, 0.15) is 0 Å². The van der Waals surface area contributed by atoms with E-state index in [-0.39, 0.29) is 30.1 Å². The first kappa shape index (κ1) is 23.7. The number of thiophene rings is 1. The number of aliphatic imine (C=N–C) groups is 1. The molecule has 1 aliphatic rings. The van der Waals surface area contributed by atoms with Crippen LogP contribution in [0.1, 0.15) is 30.5 Å². The highest BCUT2D eigenvalue weighted by molar-refractivity contribution is 14.0. The highest BCUT2D eigenvalue weighted by atomic mass is 127. The number of nitrogens with one attached hydrogen (secondary N) is 2. The molecular formula is C19H35IN4OS. The molecular weight excluding hydrogens is 459 g/mol. The molecule has 0 radical (unpaired) electrons. The van der Waals surface area contributed by atoms with Crippen molar-refractivity contribution in [2.24, 2.45) is 10.9 Å². The largest absolute Gasteiger partial charge is 0.374 e. The first-order valence-corrected chi connectivity index (χ1v) is 10.1. The monoisotopic (exact) mass is 494 g/mol. The van der Waals surface area contributed by atoms with Crippen LogP contribution in [0, 0.1) is 12.8 Å². The van der Waals surface area contributed by atoms with Crippen molar-refractivity contribution in [2.75, 3.05) is 39.8 Å². The Morgan fingerprint density at radius 3 is 2.77 bits per heavy atom. The normalized spacial score (nSPS) is 19.9. The van der Waals surface area contributed by atoms with Crippen LogP contribution in [0.5, 0.6) is 0 Å². The van der Waals surface area contributed by atoms with Crippen LogP contribution in [-0.4, -0.2) is 62.8 Å². The zero-order valence-corrected chi connectivity index (χ0v) is 19.9. The minimum Gasteiger partial charge on any atom is -0.374 e. The van der Waals surface area contributed by atoms with Crippen LogP contribution in [0.3, 0.4) is 0 Å². The van der Waals surface area contributed by atoms with Crippen molar-refractivity contribution in [1.82, 2.24) is 15.5 Å². The van der Waals surface area contributed by atoms with Gasteiger partial charge in [-0.1, -0.05) is 13.8 Å². The summed E-state index contributed by atoms with van der Waals surface area (Å²) in [5, 5.41) is 6.91. The molecule has 150 valence electrons. The zero-order chi connectivity index (χ0) is 18.2. The Morgan fingerprint density at radius 2 is 2.15 bits per heavy atom. The van der Waals surface area contributed by atoms with E-state index in [0.717, 1.165) is 45.2 Å². The smallest absolute Gasteiger partial charge is 0.191 e. The number of hydrogen-bond donors (Lipinski definition) is 2. The van der Waals surface area contributed by atoms with E-state index < -0.39 is 0 Å². The quantitative estimate of drug-likeness (QED) is 0.348. The van der Waals surface area contributed by atoms with E-state index >= 15 is 0 Å². The van der Waals surface area contributed by atoms with Crippen LogP contribution < -0.4 is 10.6 Å². The second-order valence-corrected chi connectivity index (χ2v) is 8.73. The Hall–Kier alpha value is -0.380. The molecule has 0 saturated carbocycles. The third-order valence-corrected chi connectivity index (χ3v) is 5.28. The highest BCUT2D eigenvalue weighted by Gasteiger charge is 2.21. The Bertz CT molecular complexity index is 549. The van der Waals surface area contributed by atoms with Crippen LogP contribution in [0.25, 0.3) is 0 Å². The van der Waals surface area contributed by atoms with Gasteiger partial charge in [-0.25, -0.2) is 0 Å². The molecule has 7 heteroatoms. The molecule has 0 aliphatic carbocycles. The maximum Gasteiger partial charge on any atom is 0.191 e. The summed E-state index contributed by atoms with van der Waals surface area (Å²) in [6.45, 7) is 13.7.